The van der Waals surface area contributed by atoms with Crippen LogP contribution in [0.2, 0.25) is 5.02 Å². The van der Waals surface area contributed by atoms with Gasteiger partial charge in [-0.3, -0.25) is 9.78 Å². The van der Waals surface area contributed by atoms with Gasteiger partial charge in [0.25, 0.3) is 5.91 Å². The highest BCUT2D eigenvalue weighted by Crippen LogP contribution is 2.22. The highest BCUT2D eigenvalue weighted by molar-refractivity contribution is 6.30. The predicted molar refractivity (Wildman–Crippen MR) is 91.4 cm³/mol. The van der Waals surface area contributed by atoms with E-state index in [0.29, 0.717) is 5.69 Å². The first kappa shape index (κ1) is 16.1. The number of amides is 1. The minimum Gasteiger partial charge on any atom is -0.339 e. The number of halogens is 2. The molecule has 1 unspecified atom stereocenters. The van der Waals surface area contributed by atoms with Gasteiger partial charge in [-0.2, -0.15) is 0 Å². The summed E-state index contributed by atoms with van der Waals surface area (Å²) < 4.78 is 14.0. The van der Waals surface area contributed by atoms with Crippen LogP contribution in [0.3, 0.4) is 0 Å². The zero-order chi connectivity index (χ0) is 16.9. The molecule has 5 heteroatoms. The average Bonchev–Trinajstić information content (AvgIpc) is 2.61. The van der Waals surface area contributed by atoms with Gasteiger partial charge < -0.3 is 5.32 Å². The number of hydrogen-bond acceptors (Lipinski definition) is 2. The van der Waals surface area contributed by atoms with Crippen LogP contribution in [-0.4, -0.2) is 10.9 Å². The molecule has 1 aromatic heterocycles. The second-order valence-corrected chi connectivity index (χ2v) is 5.63. The van der Waals surface area contributed by atoms with E-state index in [1.54, 1.807) is 12.3 Å². The van der Waals surface area contributed by atoms with Crippen LogP contribution in [0.4, 0.5) is 4.39 Å². The topological polar surface area (TPSA) is 42.0 Å². The van der Waals surface area contributed by atoms with Crippen molar-refractivity contribution in [3.05, 3.63) is 101 Å². The van der Waals surface area contributed by atoms with E-state index in [9.17, 15) is 9.18 Å². The standard InChI is InChI=1S/C19H14ClFN2O/c20-14-9-10-15(16(21)12-14)19(24)23-18(13-6-2-1-3-7-13)17-8-4-5-11-22-17/h1-12,18H,(H,23,24). The number of nitrogens with zero attached hydrogens (tertiary/aromatic N) is 1. The number of aromatic nitrogens is 1. The largest absolute Gasteiger partial charge is 0.339 e. The smallest absolute Gasteiger partial charge is 0.255 e. The van der Waals surface area contributed by atoms with Crippen LogP contribution in [0, 0.1) is 5.82 Å². The number of nitrogens with one attached hydrogen (secondary N) is 1. The summed E-state index contributed by atoms with van der Waals surface area (Å²) in [6.07, 6.45) is 1.65. The third-order valence-electron chi connectivity index (χ3n) is 3.57. The lowest BCUT2D eigenvalue weighted by Crippen LogP contribution is -2.30. The normalized spacial score (nSPS) is 11.8. The van der Waals surface area contributed by atoms with Gasteiger partial charge in [-0.25, -0.2) is 4.39 Å². The Morgan fingerprint density at radius 2 is 1.79 bits per heavy atom. The van der Waals surface area contributed by atoms with Crippen molar-refractivity contribution in [3.8, 4) is 0 Å². The Kier molecular flexibility index (Phi) is 4.87. The third kappa shape index (κ3) is 3.60. The molecule has 0 spiro atoms. The molecule has 120 valence electrons. The first-order chi connectivity index (χ1) is 11.6. The summed E-state index contributed by atoms with van der Waals surface area (Å²) in [7, 11) is 0. The molecule has 1 amide bonds. The molecule has 0 saturated carbocycles. The summed E-state index contributed by atoms with van der Waals surface area (Å²) in [5, 5.41) is 3.09. The van der Waals surface area contributed by atoms with E-state index in [4.69, 9.17) is 11.6 Å². The van der Waals surface area contributed by atoms with Crippen LogP contribution in [0.15, 0.2) is 72.9 Å². The zero-order valence-electron chi connectivity index (χ0n) is 12.6. The van der Waals surface area contributed by atoms with Gasteiger partial charge in [0.15, 0.2) is 0 Å². The highest BCUT2D eigenvalue weighted by Gasteiger charge is 2.20. The number of carbonyl (C=O) groups excluding carboxylic acids is 1. The monoisotopic (exact) mass is 340 g/mol. The summed E-state index contributed by atoms with van der Waals surface area (Å²) in [5.74, 6) is -1.18. The first-order valence-electron chi connectivity index (χ1n) is 7.37. The maximum Gasteiger partial charge on any atom is 0.255 e. The van der Waals surface area contributed by atoms with Gasteiger partial charge in [-0.1, -0.05) is 48.0 Å². The first-order valence-corrected chi connectivity index (χ1v) is 7.75. The summed E-state index contributed by atoms with van der Waals surface area (Å²) in [6, 6.07) is 18.4. The van der Waals surface area contributed by atoms with E-state index in [1.807, 2.05) is 42.5 Å². The van der Waals surface area contributed by atoms with Gasteiger partial charge in [0, 0.05) is 11.2 Å². The van der Waals surface area contributed by atoms with E-state index in [1.165, 1.54) is 12.1 Å². The number of pyridine rings is 1. The molecule has 3 aromatic rings. The molecule has 1 atom stereocenters. The van der Waals surface area contributed by atoms with E-state index in [-0.39, 0.29) is 10.6 Å². The molecular formula is C19H14ClFN2O. The van der Waals surface area contributed by atoms with Crippen molar-refractivity contribution in [1.82, 2.24) is 10.3 Å². The van der Waals surface area contributed by atoms with Crippen LogP contribution < -0.4 is 5.32 Å². The molecule has 3 rings (SSSR count). The molecule has 2 aromatic carbocycles. The molecule has 0 bridgehead atoms. The molecule has 0 fully saturated rings. The second kappa shape index (κ2) is 7.23. The van der Waals surface area contributed by atoms with Crippen molar-refractivity contribution in [3.63, 3.8) is 0 Å². The quantitative estimate of drug-likeness (QED) is 0.765. The van der Waals surface area contributed by atoms with Gasteiger partial charge >= 0.3 is 0 Å². The summed E-state index contributed by atoms with van der Waals surface area (Å²) in [5.41, 5.74) is 1.47. The molecular weight excluding hydrogens is 327 g/mol. The summed E-state index contributed by atoms with van der Waals surface area (Å²) in [4.78, 5) is 16.8. The number of carbonyl (C=O) groups is 1. The van der Waals surface area contributed by atoms with Crippen molar-refractivity contribution >= 4 is 17.5 Å². The van der Waals surface area contributed by atoms with Crippen LogP contribution in [0.1, 0.15) is 27.7 Å². The molecule has 3 nitrogen and oxygen atoms in total. The highest BCUT2D eigenvalue weighted by atomic mass is 35.5. The molecule has 0 saturated heterocycles. The fourth-order valence-electron chi connectivity index (χ4n) is 2.40. The summed E-state index contributed by atoms with van der Waals surface area (Å²) in [6.45, 7) is 0. The Bertz CT molecular complexity index is 801. The minimum absolute atomic E-state index is 0.0590. The van der Waals surface area contributed by atoms with E-state index >= 15 is 0 Å². The van der Waals surface area contributed by atoms with E-state index in [2.05, 4.69) is 10.3 Å². The average molecular weight is 341 g/mol. The molecule has 1 N–H and O–H groups in total. The fraction of sp³-hybridized carbons (Fsp3) is 0.0526. The molecule has 0 aliphatic heterocycles. The zero-order valence-corrected chi connectivity index (χ0v) is 13.4. The SMILES string of the molecule is O=C(NC(c1ccccc1)c1ccccn1)c1ccc(Cl)cc1F. The molecule has 0 radical (unpaired) electrons. The molecule has 1 heterocycles. The van der Waals surface area contributed by atoms with Crippen molar-refractivity contribution in [1.29, 1.82) is 0 Å². The predicted octanol–water partition coefficient (Wildman–Crippen LogP) is 4.39. The molecule has 24 heavy (non-hydrogen) atoms. The van der Waals surface area contributed by atoms with Gasteiger partial charge in [0.2, 0.25) is 0 Å². The van der Waals surface area contributed by atoms with Gasteiger partial charge in [0.1, 0.15) is 5.82 Å². The lowest BCUT2D eigenvalue weighted by molar-refractivity contribution is 0.0938. The van der Waals surface area contributed by atoms with Crippen molar-refractivity contribution in [2.45, 2.75) is 6.04 Å². The number of benzene rings is 2. The van der Waals surface area contributed by atoms with Crippen LogP contribution in [0.5, 0.6) is 0 Å². The Labute approximate surface area is 144 Å². The van der Waals surface area contributed by atoms with Gasteiger partial charge in [0.05, 0.1) is 17.3 Å². The number of hydrogen-bond donors (Lipinski definition) is 1. The fourth-order valence-corrected chi connectivity index (χ4v) is 2.56. The van der Waals surface area contributed by atoms with Gasteiger partial charge in [-0.15, -0.1) is 0 Å². The van der Waals surface area contributed by atoms with Crippen LogP contribution in [-0.2, 0) is 0 Å². The minimum atomic E-state index is -0.659. The Morgan fingerprint density at radius 1 is 1.04 bits per heavy atom. The maximum absolute atomic E-state index is 14.0. The Morgan fingerprint density at radius 3 is 2.46 bits per heavy atom. The van der Waals surface area contributed by atoms with E-state index in [0.717, 1.165) is 11.6 Å². The maximum atomic E-state index is 14.0. The van der Waals surface area contributed by atoms with Crippen molar-refractivity contribution in [2.24, 2.45) is 0 Å². The second-order valence-electron chi connectivity index (χ2n) is 5.20. The van der Waals surface area contributed by atoms with Crippen molar-refractivity contribution in [2.75, 3.05) is 0 Å². The Hall–Kier alpha value is -2.72. The van der Waals surface area contributed by atoms with Crippen molar-refractivity contribution < 1.29 is 9.18 Å². The lowest BCUT2D eigenvalue weighted by atomic mass is 10.0. The van der Waals surface area contributed by atoms with Gasteiger partial charge in [-0.05, 0) is 35.9 Å². The molecule has 0 aliphatic carbocycles. The Balaban J connectivity index is 1.94. The van der Waals surface area contributed by atoms with Crippen LogP contribution in [0.25, 0.3) is 0 Å². The third-order valence-corrected chi connectivity index (χ3v) is 3.80. The number of rotatable bonds is 4. The molecule has 0 aliphatic rings. The lowest BCUT2D eigenvalue weighted by Gasteiger charge is -2.19. The van der Waals surface area contributed by atoms with Crippen LogP contribution >= 0.6 is 11.6 Å². The summed E-state index contributed by atoms with van der Waals surface area (Å²) >= 11 is 5.74. The van der Waals surface area contributed by atoms with E-state index < -0.39 is 17.8 Å².